The van der Waals surface area contributed by atoms with E-state index in [0.717, 1.165) is 17.5 Å². The molecular formula is C23H28F2N2O2. The zero-order chi connectivity index (χ0) is 21.2. The molecule has 2 aromatic rings. The summed E-state index contributed by atoms with van der Waals surface area (Å²) in [5, 5.41) is 2.29. The van der Waals surface area contributed by atoms with Crippen LogP contribution in [0.4, 0.5) is 8.78 Å². The number of hydrogen-bond donors (Lipinski definition) is 1. The van der Waals surface area contributed by atoms with Crippen molar-refractivity contribution in [1.29, 1.82) is 0 Å². The summed E-state index contributed by atoms with van der Waals surface area (Å²) >= 11 is 0. The number of hydrogen-bond acceptors (Lipinski definition) is 2. The highest BCUT2D eigenvalue weighted by atomic mass is 19.3. The predicted octanol–water partition coefficient (Wildman–Crippen LogP) is 4.64. The Bertz CT molecular complexity index is 779. The zero-order valence-electron chi connectivity index (χ0n) is 16.9. The number of rotatable bonds is 10. The van der Waals surface area contributed by atoms with Gasteiger partial charge in [0.05, 0.1) is 6.54 Å². The van der Waals surface area contributed by atoms with Crippen LogP contribution in [0, 0.1) is 6.92 Å². The third-order valence-electron chi connectivity index (χ3n) is 4.64. The lowest BCUT2D eigenvalue weighted by molar-refractivity contribution is -0.142. The van der Waals surface area contributed by atoms with Gasteiger partial charge in [-0.25, -0.2) is 8.78 Å². The Hall–Kier alpha value is -2.76. The van der Waals surface area contributed by atoms with Gasteiger partial charge in [0.2, 0.25) is 11.8 Å². The van der Waals surface area contributed by atoms with Gasteiger partial charge in [0.25, 0.3) is 6.43 Å². The van der Waals surface area contributed by atoms with Gasteiger partial charge >= 0.3 is 0 Å². The molecule has 0 bridgehead atoms. The van der Waals surface area contributed by atoms with Gasteiger partial charge < -0.3 is 10.2 Å². The molecule has 1 unspecified atom stereocenters. The second kappa shape index (κ2) is 11.3. The molecule has 0 aliphatic carbocycles. The van der Waals surface area contributed by atoms with E-state index in [1.165, 1.54) is 4.90 Å². The average Bonchev–Trinajstić information content (AvgIpc) is 2.72. The molecule has 0 aliphatic rings. The van der Waals surface area contributed by atoms with Crippen LogP contribution >= 0.6 is 0 Å². The van der Waals surface area contributed by atoms with Gasteiger partial charge in [0, 0.05) is 13.0 Å². The molecule has 2 aromatic carbocycles. The molecule has 2 amide bonds. The normalized spacial score (nSPS) is 11.9. The lowest BCUT2D eigenvalue weighted by Gasteiger charge is -2.32. The van der Waals surface area contributed by atoms with Gasteiger partial charge in [-0.05, 0) is 24.5 Å². The number of alkyl halides is 2. The summed E-state index contributed by atoms with van der Waals surface area (Å²) in [5.74, 6) is -0.775. The molecule has 4 nitrogen and oxygen atoms in total. The van der Waals surface area contributed by atoms with Crippen LogP contribution in [0.3, 0.4) is 0 Å². The van der Waals surface area contributed by atoms with E-state index in [-0.39, 0.29) is 12.5 Å². The van der Waals surface area contributed by atoms with Crippen molar-refractivity contribution < 1.29 is 18.4 Å². The van der Waals surface area contributed by atoms with Crippen LogP contribution in [0.1, 0.15) is 48.9 Å². The number of amides is 2. The van der Waals surface area contributed by atoms with Crippen LogP contribution in [0.15, 0.2) is 54.6 Å². The van der Waals surface area contributed by atoms with Crippen molar-refractivity contribution in [2.45, 2.75) is 52.1 Å². The molecule has 0 heterocycles. The highest BCUT2D eigenvalue weighted by Gasteiger charge is 2.31. The van der Waals surface area contributed by atoms with Crippen LogP contribution in [-0.2, 0) is 16.1 Å². The molecule has 2 rings (SSSR count). The van der Waals surface area contributed by atoms with Crippen LogP contribution in [0.2, 0.25) is 0 Å². The molecule has 0 aliphatic heterocycles. The molecule has 29 heavy (non-hydrogen) atoms. The van der Waals surface area contributed by atoms with E-state index >= 15 is 0 Å². The minimum Gasteiger partial charge on any atom is -0.348 e. The molecule has 156 valence electrons. The summed E-state index contributed by atoms with van der Waals surface area (Å²) in [6, 6.07) is 15.6. The molecule has 0 saturated heterocycles. The van der Waals surface area contributed by atoms with Crippen molar-refractivity contribution >= 4 is 11.8 Å². The van der Waals surface area contributed by atoms with E-state index in [1.54, 1.807) is 12.1 Å². The molecule has 0 fully saturated rings. The third kappa shape index (κ3) is 6.97. The fourth-order valence-corrected chi connectivity index (χ4v) is 3.07. The summed E-state index contributed by atoms with van der Waals surface area (Å²) in [6.07, 6.45) is -0.814. The predicted molar refractivity (Wildman–Crippen MR) is 109 cm³/mol. The number of carbonyl (C=O) groups excluding carboxylic acids is 2. The number of nitrogens with zero attached hydrogens (tertiary/aromatic N) is 1. The number of halogens is 2. The van der Waals surface area contributed by atoms with Crippen molar-refractivity contribution in [1.82, 2.24) is 10.2 Å². The summed E-state index contributed by atoms with van der Waals surface area (Å²) in [7, 11) is 0. The zero-order valence-corrected chi connectivity index (χ0v) is 16.9. The van der Waals surface area contributed by atoms with Crippen molar-refractivity contribution in [3.63, 3.8) is 0 Å². The van der Waals surface area contributed by atoms with E-state index < -0.39 is 24.9 Å². The molecule has 6 heteroatoms. The topological polar surface area (TPSA) is 49.4 Å². The van der Waals surface area contributed by atoms with E-state index in [2.05, 4.69) is 5.32 Å². The minimum absolute atomic E-state index is 0.173. The maximum absolute atomic E-state index is 13.0. The van der Waals surface area contributed by atoms with Crippen LogP contribution in [0.25, 0.3) is 0 Å². The molecule has 0 saturated carbocycles. The Morgan fingerprint density at radius 2 is 1.69 bits per heavy atom. The highest BCUT2D eigenvalue weighted by molar-refractivity contribution is 5.88. The third-order valence-corrected chi connectivity index (χ3v) is 4.64. The summed E-state index contributed by atoms with van der Waals surface area (Å²) in [4.78, 5) is 27.4. The second-order valence-corrected chi connectivity index (χ2v) is 7.06. The highest BCUT2D eigenvalue weighted by Crippen LogP contribution is 2.25. The smallest absolute Gasteiger partial charge is 0.255 e. The van der Waals surface area contributed by atoms with E-state index in [9.17, 15) is 18.4 Å². The van der Waals surface area contributed by atoms with E-state index in [1.807, 2.05) is 56.3 Å². The number of nitrogens with one attached hydrogen (secondary N) is 1. The van der Waals surface area contributed by atoms with Gasteiger partial charge in [0.1, 0.15) is 6.04 Å². The average molecular weight is 402 g/mol. The largest absolute Gasteiger partial charge is 0.348 e. The molecule has 0 radical (unpaired) electrons. The molecule has 0 aromatic heterocycles. The van der Waals surface area contributed by atoms with Gasteiger partial charge in [-0.1, -0.05) is 73.5 Å². The quantitative estimate of drug-likeness (QED) is 0.630. The fourth-order valence-electron chi connectivity index (χ4n) is 3.07. The molecule has 0 spiro atoms. The summed E-state index contributed by atoms with van der Waals surface area (Å²) in [6.45, 7) is 3.39. The van der Waals surface area contributed by atoms with Gasteiger partial charge in [-0.2, -0.15) is 0 Å². The van der Waals surface area contributed by atoms with Crippen LogP contribution < -0.4 is 5.32 Å². The number of aryl methyl sites for hydroxylation is 1. The second-order valence-electron chi connectivity index (χ2n) is 7.06. The number of benzene rings is 2. The Kier molecular flexibility index (Phi) is 8.77. The van der Waals surface area contributed by atoms with E-state index in [0.29, 0.717) is 18.4 Å². The summed E-state index contributed by atoms with van der Waals surface area (Å²) < 4.78 is 25.4. The number of unbranched alkanes of at least 4 members (excludes halogenated alkanes) is 1. The minimum atomic E-state index is -2.66. The van der Waals surface area contributed by atoms with Crippen molar-refractivity contribution in [3.8, 4) is 0 Å². The van der Waals surface area contributed by atoms with Gasteiger partial charge in [-0.3, -0.25) is 9.59 Å². The first kappa shape index (κ1) is 22.5. The fraction of sp³-hybridized carbons (Fsp3) is 0.391. The molecule has 1 N–H and O–H groups in total. The van der Waals surface area contributed by atoms with Gasteiger partial charge in [0.15, 0.2) is 0 Å². The van der Waals surface area contributed by atoms with Crippen molar-refractivity contribution in [3.05, 3.63) is 71.3 Å². The number of carbonyl (C=O) groups is 2. The van der Waals surface area contributed by atoms with Crippen LogP contribution in [-0.4, -0.2) is 29.7 Å². The van der Waals surface area contributed by atoms with Gasteiger partial charge in [-0.15, -0.1) is 0 Å². The Labute approximate surface area is 170 Å². The lowest BCUT2D eigenvalue weighted by Crippen LogP contribution is -2.44. The maximum atomic E-state index is 13.0. The van der Waals surface area contributed by atoms with Crippen molar-refractivity contribution in [2.24, 2.45) is 0 Å². The summed E-state index contributed by atoms with van der Waals surface area (Å²) in [5.41, 5.74) is 2.48. The first-order valence-corrected chi connectivity index (χ1v) is 9.88. The first-order chi connectivity index (χ1) is 13.9. The van der Waals surface area contributed by atoms with Crippen LogP contribution in [0.5, 0.6) is 0 Å². The SMILES string of the molecule is CCCCC(=O)N(Cc1ccccc1)C(C(=O)NCC(F)F)c1ccc(C)cc1. The van der Waals surface area contributed by atoms with E-state index in [4.69, 9.17) is 0 Å². The molecule has 1 atom stereocenters. The lowest BCUT2D eigenvalue weighted by atomic mass is 10.0. The first-order valence-electron chi connectivity index (χ1n) is 9.88. The standard InChI is InChI=1S/C23H28F2N2O2/c1-3-4-10-21(28)27(16-18-8-6-5-7-9-18)22(23(29)26-15-20(24)25)19-13-11-17(2)12-14-19/h5-9,11-14,20,22H,3-4,10,15-16H2,1-2H3,(H,26,29). The Morgan fingerprint density at radius 1 is 1.03 bits per heavy atom. The Morgan fingerprint density at radius 3 is 2.28 bits per heavy atom. The van der Waals surface area contributed by atoms with Crippen molar-refractivity contribution in [2.75, 3.05) is 6.54 Å². The molecular weight excluding hydrogens is 374 g/mol. The monoisotopic (exact) mass is 402 g/mol. The Balaban J connectivity index is 2.41. The maximum Gasteiger partial charge on any atom is 0.255 e.